The molecule has 2 aromatic rings. The van der Waals surface area contributed by atoms with E-state index >= 15 is 0 Å². The van der Waals surface area contributed by atoms with E-state index in [0.29, 0.717) is 29.9 Å². The summed E-state index contributed by atoms with van der Waals surface area (Å²) in [5.41, 5.74) is 1.63. The van der Waals surface area contributed by atoms with Crippen molar-refractivity contribution in [3.8, 4) is 0 Å². The fourth-order valence-corrected chi connectivity index (χ4v) is 3.25. The molecule has 0 unspecified atom stereocenters. The number of rotatable bonds is 2. The summed E-state index contributed by atoms with van der Waals surface area (Å²) in [4.78, 5) is 42.9. The van der Waals surface area contributed by atoms with Crippen LogP contribution in [0.25, 0.3) is 0 Å². The third-order valence-corrected chi connectivity index (χ3v) is 4.48. The molecule has 0 bridgehead atoms. The molecule has 1 aromatic carbocycles. The van der Waals surface area contributed by atoms with E-state index < -0.39 is 6.04 Å². The second kappa shape index (κ2) is 6.01. The Labute approximate surface area is 144 Å². The van der Waals surface area contributed by atoms with Crippen molar-refractivity contribution < 1.29 is 14.4 Å². The Kier molecular flexibility index (Phi) is 3.68. The van der Waals surface area contributed by atoms with E-state index in [1.165, 1.54) is 0 Å². The first-order valence-corrected chi connectivity index (χ1v) is 8.12. The quantitative estimate of drug-likeness (QED) is 0.876. The van der Waals surface area contributed by atoms with E-state index in [1.54, 1.807) is 47.5 Å². The summed E-state index contributed by atoms with van der Waals surface area (Å²) in [7, 11) is 0. The SMILES string of the molecule is O=C(Nc1ccc2c(c1)C(=O)N1CCC[C@H]1C(=O)N2)c1ccccn1. The van der Waals surface area contributed by atoms with Gasteiger partial charge >= 0.3 is 0 Å². The molecular weight excluding hydrogens is 320 g/mol. The van der Waals surface area contributed by atoms with Crippen molar-refractivity contribution in [2.45, 2.75) is 18.9 Å². The van der Waals surface area contributed by atoms with Crippen LogP contribution >= 0.6 is 0 Å². The smallest absolute Gasteiger partial charge is 0.274 e. The van der Waals surface area contributed by atoms with Crippen molar-refractivity contribution in [3.05, 3.63) is 53.9 Å². The molecule has 1 aromatic heterocycles. The van der Waals surface area contributed by atoms with Gasteiger partial charge in [0.2, 0.25) is 5.91 Å². The molecule has 25 heavy (non-hydrogen) atoms. The van der Waals surface area contributed by atoms with Crippen molar-refractivity contribution in [2.24, 2.45) is 0 Å². The minimum Gasteiger partial charge on any atom is -0.327 e. The summed E-state index contributed by atoms with van der Waals surface area (Å²) >= 11 is 0. The molecule has 2 aliphatic heterocycles. The lowest BCUT2D eigenvalue weighted by molar-refractivity contribution is -0.119. The van der Waals surface area contributed by atoms with Crippen molar-refractivity contribution in [2.75, 3.05) is 17.2 Å². The number of fused-ring (bicyclic) bond motifs is 2. The molecule has 0 spiro atoms. The van der Waals surface area contributed by atoms with Crippen LogP contribution in [0.1, 0.15) is 33.7 Å². The molecule has 1 atom stereocenters. The number of nitrogens with one attached hydrogen (secondary N) is 2. The van der Waals surface area contributed by atoms with Crippen LogP contribution in [0.3, 0.4) is 0 Å². The average molecular weight is 336 g/mol. The Morgan fingerprint density at radius 3 is 2.92 bits per heavy atom. The molecule has 2 aliphatic rings. The Morgan fingerprint density at radius 1 is 1.24 bits per heavy atom. The zero-order valence-corrected chi connectivity index (χ0v) is 13.4. The summed E-state index contributed by atoms with van der Waals surface area (Å²) in [6.45, 7) is 0.570. The van der Waals surface area contributed by atoms with Crippen molar-refractivity contribution in [1.29, 1.82) is 0 Å². The Morgan fingerprint density at radius 2 is 2.12 bits per heavy atom. The van der Waals surface area contributed by atoms with Gasteiger partial charge in [-0.05, 0) is 43.2 Å². The zero-order chi connectivity index (χ0) is 17.4. The highest BCUT2D eigenvalue weighted by Gasteiger charge is 2.38. The lowest BCUT2D eigenvalue weighted by Gasteiger charge is -2.20. The number of aromatic nitrogens is 1. The average Bonchev–Trinajstić information content (AvgIpc) is 3.09. The van der Waals surface area contributed by atoms with Crippen LogP contribution in [0.15, 0.2) is 42.6 Å². The van der Waals surface area contributed by atoms with Gasteiger partial charge in [-0.15, -0.1) is 0 Å². The monoisotopic (exact) mass is 336 g/mol. The third kappa shape index (κ3) is 2.73. The van der Waals surface area contributed by atoms with E-state index in [1.807, 2.05) is 0 Å². The second-order valence-corrected chi connectivity index (χ2v) is 6.08. The molecule has 126 valence electrons. The fraction of sp³-hybridized carbons (Fsp3) is 0.222. The molecule has 2 N–H and O–H groups in total. The van der Waals surface area contributed by atoms with Gasteiger partial charge in [0, 0.05) is 18.4 Å². The lowest BCUT2D eigenvalue weighted by Crippen LogP contribution is -2.40. The predicted octanol–water partition coefficient (Wildman–Crippen LogP) is 1.89. The number of carbonyl (C=O) groups excluding carboxylic acids is 3. The maximum absolute atomic E-state index is 12.8. The molecule has 0 saturated carbocycles. The van der Waals surface area contributed by atoms with Gasteiger partial charge in [-0.1, -0.05) is 6.07 Å². The molecule has 0 aliphatic carbocycles. The summed E-state index contributed by atoms with van der Waals surface area (Å²) in [5, 5.41) is 5.55. The third-order valence-electron chi connectivity index (χ3n) is 4.48. The van der Waals surface area contributed by atoms with Gasteiger partial charge in [-0.3, -0.25) is 19.4 Å². The van der Waals surface area contributed by atoms with Crippen LogP contribution in [0.5, 0.6) is 0 Å². The van der Waals surface area contributed by atoms with Gasteiger partial charge in [0.05, 0.1) is 11.3 Å². The van der Waals surface area contributed by atoms with Gasteiger partial charge in [-0.25, -0.2) is 0 Å². The Bertz CT molecular complexity index is 866. The number of hydrogen-bond acceptors (Lipinski definition) is 4. The highest BCUT2D eigenvalue weighted by atomic mass is 16.2. The minimum atomic E-state index is -0.411. The predicted molar refractivity (Wildman–Crippen MR) is 91.3 cm³/mol. The highest BCUT2D eigenvalue weighted by Crippen LogP contribution is 2.30. The molecule has 0 radical (unpaired) electrons. The van der Waals surface area contributed by atoms with Crippen molar-refractivity contribution in [1.82, 2.24) is 9.88 Å². The first kappa shape index (κ1) is 15.3. The summed E-state index contributed by atoms with van der Waals surface area (Å²) < 4.78 is 0. The van der Waals surface area contributed by atoms with E-state index in [4.69, 9.17) is 0 Å². The number of amides is 3. The number of hydrogen-bond donors (Lipinski definition) is 2. The van der Waals surface area contributed by atoms with Crippen LogP contribution in [0.4, 0.5) is 11.4 Å². The molecule has 7 nitrogen and oxygen atoms in total. The van der Waals surface area contributed by atoms with E-state index in [9.17, 15) is 14.4 Å². The van der Waals surface area contributed by atoms with Gasteiger partial charge in [-0.2, -0.15) is 0 Å². The van der Waals surface area contributed by atoms with Crippen LogP contribution in [0.2, 0.25) is 0 Å². The molecule has 7 heteroatoms. The molecular formula is C18H16N4O3. The summed E-state index contributed by atoms with van der Waals surface area (Å²) in [6.07, 6.45) is 3.03. The number of anilines is 2. The summed E-state index contributed by atoms with van der Waals surface area (Å²) in [5.74, 6) is -0.704. The van der Waals surface area contributed by atoms with Crippen LogP contribution in [-0.4, -0.2) is 40.2 Å². The molecule has 1 fully saturated rings. The standard InChI is InChI=1S/C18H16N4O3/c23-16(14-4-1-2-8-19-14)20-11-6-7-13-12(10-11)18(25)22-9-3-5-15(22)17(24)21-13/h1-2,4,6-8,10,15H,3,5,9H2,(H,20,23)(H,21,24)/t15-/m0/s1. The van der Waals surface area contributed by atoms with Crippen molar-refractivity contribution >= 4 is 29.1 Å². The van der Waals surface area contributed by atoms with Crippen LogP contribution in [0, 0.1) is 0 Å². The number of carbonyl (C=O) groups is 3. The maximum atomic E-state index is 12.8. The first-order chi connectivity index (χ1) is 12.1. The normalized spacial score (nSPS) is 18.9. The van der Waals surface area contributed by atoms with E-state index in [2.05, 4.69) is 15.6 Å². The number of pyridine rings is 1. The van der Waals surface area contributed by atoms with E-state index in [-0.39, 0.29) is 23.4 Å². The lowest BCUT2D eigenvalue weighted by atomic mass is 10.1. The minimum absolute atomic E-state index is 0.158. The van der Waals surface area contributed by atoms with Crippen LogP contribution < -0.4 is 10.6 Å². The Hall–Kier alpha value is -3.22. The van der Waals surface area contributed by atoms with Crippen LogP contribution in [-0.2, 0) is 4.79 Å². The molecule has 3 amide bonds. The van der Waals surface area contributed by atoms with Gasteiger partial charge in [0.1, 0.15) is 11.7 Å². The van der Waals surface area contributed by atoms with Gasteiger partial charge in [0.15, 0.2) is 0 Å². The number of nitrogens with zero attached hydrogens (tertiary/aromatic N) is 2. The fourth-order valence-electron chi connectivity index (χ4n) is 3.25. The molecule has 1 saturated heterocycles. The topological polar surface area (TPSA) is 91.4 Å². The molecule has 4 rings (SSSR count). The Balaban J connectivity index is 1.64. The largest absolute Gasteiger partial charge is 0.327 e. The molecule has 3 heterocycles. The van der Waals surface area contributed by atoms with E-state index in [0.717, 1.165) is 6.42 Å². The maximum Gasteiger partial charge on any atom is 0.274 e. The first-order valence-electron chi connectivity index (χ1n) is 8.12. The highest BCUT2D eigenvalue weighted by molar-refractivity contribution is 6.11. The van der Waals surface area contributed by atoms with Gasteiger partial charge in [0.25, 0.3) is 11.8 Å². The van der Waals surface area contributed by atoms with Crippen molar-refractivity contribution in [3.63, 3.8) is 0 Å². The summed E-state index contributed by atoms with van der Waals surface area (Å²) in [6, 6.07) is 9.55. The van der Waals surface area contributed by atoms with Gasteiger partial charge < -0.3 is 15.5 Å². The second-order valence-electron chi connectivity index (χ2n) is 6.08. The zero-order valence-electron chi connectivity index (χ0n) is 13.4. The number of benzene rings is 1.